The van der Waals surface area contributed by atoms with Gasteiger partial charge in [-0.15, -0.1) is 11.3 Å². The molecule has 1 atom stereocenters. The number of nitrogens with one attached hydrogen (secondary N) is 1. The molecule has 0 saturated carbocycles. The first kappa shape index (κ1) is 15.5. The highest BCUT2D eigenvalue weighted by molar-refractivity contribution is 7.10. The maximum Gasteiger partial charge on any atom is 0.317 e. The molecule has 0 saturated heterocycles. The molecule has 3 nitrogen and oxygen atoms in total. The number of rotatable bonds is 4. The molecule has 0 aliphatic carbocycles. The Labute approximate surface area is 128 Å². The number of hydrogen-bond donors (Lipinski definition) is 1. The highest BCUT2D eigenvalue weighted by atomic mass is 32.1. The average molecular weight is 306 g/mol. The maximum absolute atomic E-state index is 13.5. The quantitative estimate of drug-likeness (QED) is 0.906. The molecular formula is C16H19FN2OS. The van der Waals surface area contributed by atoms with Gasteiger partial charge in [-0.05, 0) is 42.5 Å². The summed E-state index contributed by atoms with van der Waals surface area (Å²) in [5, 5.41) is 4.81. The summed E-state index contributed by atoms with van der Waals surface area (Å²) < 4.78 is 13.5. The number of thiophene rings is 1. The van der Waals surface area contributed by atoms with E-state index in [0.29, 0.717) is 12.1 Å². The summed E-state index contributed by atoms with van der Waals surface area (Å²) in [6.45, 7) is 4.02. The second-order valence-corrected chi connectivity index (χ2v) is 6.02. The molecule has 1 aromatic carbocycles. The highest BCUT2D eigenvalue weighted by Crippen LogP contribution is 2.23. The van der Waals surface area contributed by atoms with E-state index in [-0.39, 0.29) is 17.9 Å². The number of benzene rings is 1. The van der Waals surface area contributed by atoms with E-state index in [4.69, 9.17) is 0 Å². The maximum atomic E-state index is 13.5. The molecular weight excluding hydrogens is 287 g/mol. The van der Waals surface area contributed by atoms with Crippen molar-refractivity contribution in [2.24, 2.45) is 0 Å². The summed E-state index contributed by atoms with van der Waals surface area (Å²) in [4.78, 5) is 14.9. The van der Waals surface area contributed by atoms with E-state index in [1.807, 2.05) is 30.5 Å². The minimum Gasteiger partial charge on any atom is -0.334 e. The summed E-state index contributed by atoms with van der Waals surface area (Å²) in [6.07, 6.45) is 0. The van der Waals surface area contributed by atoms with Gasteiger partial charge in [-0.25, -0.2) is 9.18 Å². The van der Waals surface area contributed by atoms with E-state index < -0.39 is 0 Å². The Morgan fingerprint density at radius 2 is 2.19 bits per heavy atom. The van der Waals surface area contributed by atoms with Gasteiger partial charge in [-0.3, -0.25) is 0 Å². The minimum absolute atomic E-state index is 0.0137. The van der Waals surface area contributed by atoms with Gasteiger partial charge in [0.15, 0.2) is 0 Å². The Balaban J connectivity index is 1.93. The van der Waals surface area contributed by atoms with Crippen LogP contribution in [0, 0.1) is 12.7 Å². The molecule has 1 aromatic heterocycles. The van der Waals surface area contributed by atoms with E-state index >= 15 is 0 Å². The van der Waals surface area contributed by atoms with Gasteiger partial charge < -0.3 is 10.2 Å². The molecule has 21 heavy (non-hydrogen) atoms. The van der Waals surface area contributed by atoms with Gasteiger partial charge in [0, 0.05) is 18.5 Å². The Morgan fingerprint density at radius 3 is 2.81 bits per heavy atom. The number of carbonyl (C=O) groups is 1. The monoisotopic (exact) mass is 306 g/mol. The zero-order chi connectivity index (χ0) is 15.4. The fourth-order valence-electron chi connectivity index (χ4n) is 1.94. The Morgan fingerprint density at radius 1 is 1.43 bits per heavy atom. The van der Waals surface area contributed by atoms with Gasteiger partial charge in [0.1, 0.15) is 5.82 Å². The van der Waals surface area contributed by atoms with Crippen LogP contribution in [0.5, 0.6) is 0 Å². The molecule has 2 amide bonds. The van der Waals surface area contributed by atoms with Gasteiger partial charge in [0.25, 0.3) is 0 Å². The average Bonchev–Trinajstić information content (AvgIpc) is 3.00. The third-order valence-electron chi connectivity index (χ3n) is 3.54. The van der Waals surface area contributed by atoms with Crippen LogP contribution in [-0.2, 0) is 6.54 Å². The lowest BCUT2D eigenvalue weighted by atomic mass is 10.1. The Hall–Kier alpha value is -1.88. The smallest absolute Gasteiger partial charge is 0.317 e. The van der Waals surface area contributed by atoms with E-state index in [9.17, 15) is 9.18 Å². The number of halogens is 1. The van der Waals surface area contributed by atoms with Crippen LogP contribution >= 0.6 is 11.3 Å². The summed E-state index contributed by atoms with van der Waals surface area (Å²) in [7, 11) is 1.76. The van der Waals surface area contributed by atoms with Crippen LogP contribution < -0.4 is 5.32 Å². The Bertz CT molecular complexity index is 613. The predicted octanol–water partition coefficient (Wildman–Crippen LogP) is 4.10. The van der Waals surface area contributed by atoms with Gasteiger partial charge in [0.2, 0.25) is 0 Å². The third-order valence-corrected chi connectivity index (χ3v) is 4.58. The fraction of sp³-hybridized carbons (Fsp3) is 0.312. The molecule has 0 aliphatic rings. The molecule has 112 valence electrons. The second kappa shape index (κ2) is 6.72. The van der Waals surface area contributed by atoms with Crippen LogP contribution in [0.4, 0.5) is 9.18 Å². The lowest BCUT2D eigenvalue weighted by Gasteiger charge is -2.24. The van der Waals surface area contributed by atoms with Crippen molar-refractivity contribution in [2.45, 2.75) is 26.4 Å². The second-order valence-electron chi connectivity index (χ2n) is 5.04. The molecule has 0 radical (unpaired) electrons. The molecule has 2 rings (SSSR count). The molecule has 5 heteroatoms. The molecule has 1 heterocycles. The van der Waals surface area contributed by atoms with Crippen LogP contribution in [0.1, 0.15) is 29.0 Å². The Kier molecular flexibility index (Phi) is 4.96. The number of urea groups is 1. The van der Waals surface area contributed by atoms with Crippen molar-refractivity contribution in [3.63, 3.8) is 0 Å². The van der Waals surface area contributed by atoms with Gasteiger partial charge in [-0.1, -0.05) is 18.2 Å². The number of hydrogen-bond acceptors (Lipinski definition) is 2. The first-order valence-corrected chi connectivity index (χ1v) is 7.66. The lowest BCUT2D eigenvalue weighted by Crippen LogP contribution is -2.38. The summed E-state index contributed by atoms with van der Waals surface area (Å²) in [5.74, 6) is -0.248. The van der Waals surface area contributed by atoms with Crippen LogP contribution in [0.25, 0.3) is 0 Å². The van der Waals surface area contributed by atoms with E-state index in [1.54, 1.807) is 36.3 Å². The lowest BCUT2D eigenvalue weighted by molar-refractivity contribution is 0.194. The predicted molar refractivity (Wildman–Crippen MR) is 83.9 cm³/mol. The standard InChI is InChI=1S/C16H19FN2OS/c1-11-6-7-13(9-14(11)17)10-18-16(20)19(3)12(2)15-5-4-8-21-15/h4-9,12H,10H2,1-3H3,(H,18,20)/t12-/m0/s1. The normalized spacial score (nSPS) is 12.0. The van der Waals surface area contributed by atoms with E-state index in [2.05, 4.69) is 5.32 Å². The minimum atomic E-state index is -0.248. The van der Waals surface area contributed by atoms with Gasteiger partial charge >= 0.3 is 6.03 Å². The van der Waals surface area contributed by atoms with Crippen molar-refractivity contribution in [2.75, 3.05) is 7.05 Å². The number of carbonyl (C=O) groups excluding carboxylic acids is 1. The zero-order valence-corrected chi connectivity index (χ0v) is 13.2. The van der Waals surface area contributed by atoms with Crippen molar-refractivity contribution in [3.05, 3.63) is 57.5 Å². The van der Waals surface area contributed by atoms with Crippen LogP contribution in [0.3, 0.4) is 0 Å². The molecule has 0 aliphatic heterocycles. The highest BCUT2D eigenvalue weighted by Gasteiger charge is 2.17. The first-order chi connectivity index (χ1) is 9.99. The molecule has 0 bridgehead atoms. The molecule has 0 fully saturated rings. The summed E-state index contributed by atoms with van der Waals surface area (Å²) in [6, 6.07) is 8.82. The largest absolute Gasteiger partial charge is 0.334 e. The van der Waals surface area contributed by atoms with Crippen molar-refractivity contribution in [1.29, 1.82) is 0 Å². The van der Waals surface area contributed by atoms with Gasteiger partial charge in [-0.2, -0.15) is 0 Å². The van der Waals surface area contributed by atoms with Crippen LogP contribution in [0.2, 0.25) is 0 Å². The SMILES string of the molecule is Cc1ccc(CNC(=O)N(C)[C@@H](C)c2cccs2)cc1F. The number of amides is 2. The van der Waals surface area contributed by atoms with E-state index in [1.165, 1.54) is 6.07 Å². The van der Waals surface area contributed by atoms with Crippen molar-refractivity contribution < 1.29 is 9.18 Å². The molecule has 0 unspecified atom stereocenters. The first-order valence-electron chi connectivity index (χ1n) is 6.78. The molecule has 1 N–H and O–H groups in total. The summed E-state index contributed by atoms with van der Waals surface area (Å²) >= 11 is 1.62. The third kappa shape index (κ3) is 3.82. The molecule has 0 spiro atoms. The summed E-state index contributed by atoms with van der Waals surface area (Å²) in [5.41, 5.74) is 1.36. The van der Waals surface area contributed by atoms with Crippen molar-refractivity contribution in [3.8, 4) is 0 Å². The fourth-order valence-corrected chi connectivity index (χ4v) is 2.77. The van der Waals surface area contributed by atoms with Gasteiger partial charge in [0.05, 0.1) is 6.04 Å². The van der Waals surface area contributed by atoms with Crippen molar-refractivity contribution in [1.82, 2.24) is 10.2 Å². The zero-order valence-electron chi connectivity index (χ0n) is 12.4. The number of nitrogens with zero attached hydrogens (tertiary/aromatic N) is 1. The topological polar surface area (TPSA) is 32.3 Å². The number of aryl methyl sites for hydroxylation is 1. The van der Waals surface area contributed by atoms with Crippen LogP contribution in [-0.4, -0.2) is 18.0 Å². The van der Waals surface area contributed by atoms with Crippen molar-refractivity contribution >= 4 is 17.4 Å². The van der Waals surface area contributed by atoms with E-state index in [0.717, 1.165) is 10.4 Å². The van der Waals surface area contributed by atoms with Crippen LogP contribution in [0.15, 0.2) is 35.7 Å². The molecule has 2 aromatic rings.